The van der Waals surface area contributed by atoms with Gasteiger partial charge in [0.15, 0.2) is 0 Å². The summed E-state index contributed by atoms with van der Waals surface area (Å²) < 4.78 is 0. The van der Waals surface area contributed by atoms with Crippen molar-refractivity contribution in [2.75, 3.05) is 12.4 Å². The van der Waals surface area contributed by atoms with Crippen LogP contribution in [0.5, 0.6) is 0 Å². The van der Waals surface area contributed by atoms with Gasteiger partial charge in [0.1, 0.15) is 11.2 Å². The van der Waals surface area contributed by atoms with E-state index in [1.807, 2.05) is 0 Å². The Labute approximate surface area is 101 Å². The zero-order valence-corrected chi connectivity index (χ0v) is 9.51. The largest absolute Gasteiger partial charge is 0.478 e. The number of hydrogen-bond acceptors (Lipinski definition) is 6. The lowest BCUT2D eigenvalue weighted by molar-refractivity contribution is -0.385. The molecule has 0 aliphatic carbocycles. The zero-order chi connectivity index (χ0) is 12.8. The molecule has 1 rings (SSSR count). The summed E-state index contributed by atoms with van der Waals surface area (Å²) >= 11 is 1.15. The van der Waals surface area contributed by atoms with Crippen LogP contribution in [-0.2, 0) is 0 Å². The highest BCUT2D eigenvalue weighted by Gasteiger charge is 2.17. The quantitative estimate of drug-likeness (QED) is 0.340. The Bertz CT molecular complexity index is 437. The van der Waals surface area contributed by atoms with Crippen molar-refractivity contribution in [3.05, 3.63) is 27.9 Å². The lowest BCUT2D eigenvalue weighted by Gasteiger charge is -2.03. The number of pyridine rings is 1. The lowest BCUT2D eigenvalue weighted by atomic mass is 10.3. The highest BCUT2D eigenvalue weighted by molar-refractivity contribution is 7.99. The summed E-state index contributed by atoms with van der Waals surface area (Å²) in [6, 6.07) is 0.983. The summed E-state index contributed by atoms with van der Waals surface area (Å²) in [5, 5.41) is 28.2. The molecule has 0 aliphatic heterocycles. The van der Waals surface area contributed by atoms with Gasteiger partial charge in [-0.25, -0.2) is 9.78 Å². The third-order valence-corrected chi connectivity index (χ3v) is 2.91. The van der Waals surface area contributed by atoms with Crippen molar-refractivity contribution in [2.45, 2.75) is 11.4 Å². The number of hydrogen-bond donors (Lipinski definition) is 2. The predicted octanol–water partition coefficient (Wildman–Crippen LogP) is 1.16. The van der Waals surface area contributed by atoms with Gasteiger partial charge in [0.05, 0.1) is 10.5 Å². The molecule has 1 aromatic rings. The number of carboxylic acids is 1. The Hall–Kier alpha value is -1.67. The molecule has 0 bridgehead atoms. The summed E-state index contributed by atoms with van der Waals surface area (Å²) in [5.74, 6) is -0.755. The van der Waals surface area contributed by atoms with E-state index < -0.39 is 10.9 Å². The molecule has 0 radical (unpaired) electrons. The van der Waals surface area contributed by atoms with E-state index >= 15 is 0 Å². The van der Waals surface area contributed by atoms with Gasteiger partial charge in [-0.15, -0.1) is 11.8 Å². The van der Waals surface area contributed by atoms with Gasteiger partial charge in [0.2, 0.25) is 0 Å². The first-order chi connectivity index (χ1) is 8.06. The summed E-state index contributed by atoms with van der Waals surface area (Å²) in [5.41, 5.74) is -0.545. The fraction of sp³-hybridized carbons (Fsp3) is 0.333. The highest BCUT2D eigenvalue weighted by Crippen LogP contribution is 2.24. The highest BCUT2D eigenvalue weighted by atomic mass is 32.2. The number of aliphatic hydroxyl groups excluding tert-OH is 1. The van der Waals surface area contributed by atoms with Gasteiger partial charge < -0.3 is 10.2 Å². The third kappa shape index (κ3) is 3.68. The SMILES string of the molecule is O=C(O)c1cc([N+](=O)[O-])cnc1SCCCO. The van der Waals surface area contributed by atoms with Crippen LogP contribution >= 0.6 is 11.8 Å². The van der Waals surface area contributed by atoms with Gasteiger partial charge in [0, 0.05) is 18.4 Å². The maximum absolute atomic E-state index is 10.9. The number of carboxylic acid groups (broad SMARTS) is 1. The first kappa shape index (κ1) is 13.4. The van der Waals surface area contributed by atoms with Crippen LogP contribution < -0.4 is 0 Å². The van der Waals surface area contributed by atoms with Crippen molar-refractivity contribution >= 4 is 23.4 Å². The number of rotatable bonds is 6. The van der Waals surface area contributed by atoms with Crippen LogP contribution in [-0.4, -0.2) is 38.4 Å². The molecule has 0 atom stereocenters. The lowest BCUT2D eigenvalue weighted by Crippen LogP contribution is -2.03. The topological polar surface area (TPSA) is 114 Å². The van der Waals surface area contributed by atoms with Crippen molar-refractivity contribution in [1.29, 1.82) is 0 Å². The smallest absolute Gasteiger partial charge is 0.338 e. The second-order valence-corrected chi connectivity index (χ2v) is 4.12. The normalized spacial score (nSPS) is 10.2. The third-order valence-electron chi connectivity index (χ3n) is 1.82. The van der Waals surface area contributed by atoms with Crippen molar-refractivity contribution in [1.82, 2.24) is 4.98 Å². The predicted molar refractivity (Wildman–Crippen MR) is 60.3 cm³/mol. The van der Waals surface area contributed by atoms with Gasteiger partial charge in [0.25, 0.3) is 5.69 Å². The van der Waals surface area contributed by atoms with Crippen molar-refractivity contribution < 1.29 is 19.9 Å². The van der Waals surface area contributed by atoms with E-state index in [1.165, 1.54) is 0 Å². The summed E-state index contributed by atoms with van der Waals surface area (Å²) in [6.07, 6.45) is 1.52. The summed E-state index contributed by atoms with van der Waals surface area (Å²) in [6.45, 7) is 0.00237. The van der Waals surface area contributed by atoms with Crippen molar-refractivity contribution in [2.24, 2.45) is 0 Å². The molecule has 0 saturated heterocycles. The van der Waals surface area contributed by atoms with Crippen LogP contribution in [0.3, 0.4) is 0 Å². The molecular weight excluding hydrogens is 248 g/mol. The molecule has 0 unspecified atom stereocenters. The van der Waals surface area contributed by atoms with Gasteiger partial charge >= 0.3 is 5.97 Å². The van der Waals surface area contributed by atoms with Gasteiger partial charge in [-0.3, -0.25) is 10.1 Å². The zero-order valence-electron chi connectivity index (χ0n) is 8.70. The molecule has 0 spiro atoms. The Balaban J connectivity index is 2.96. The van der Waals surface area contributed by atoms with Gasteiger partial charge in [-0.2, -0.15) is 0 Å². The molecule has 0 aromatic carbocycles. The number of nitro groups is 1. The molecular formula is C9H10N2O5S. The molecule has 17 heavy (non-hydrogen) atoms. The van der Waals surface area contributed by atoms with E-state index in [0.717, 1.165) is 24.0 Å². The number of carbonyl (C=O) groups is 1. The monoisotopic (exact) mass is 258 g/mol. The van der Waals surface area contributed by atoms with Crippen molar-refractivity contribution in [3.8, 4) is 0 Å². The van der Waals surface area contributed by atoms with E-state index in [2.05, 4.69) is 4.98 Å². The molecule has 7 nitrogen and oxygen atoms in total. The number of thioether (sulfide) groups is 1. The molecule has 1 aromatic heterocycles. The second-order valence-electron chi connectivity index (χ2n) is 3.03. The molecule has 92 valence electrons. The number of aliphatic hydroxyl groups is 1. The van der Waals surface area contributed by atoms with E-state index in [4.69, 9.17) is 10.2 Å². The van der Waals surface area contributed by atoms with Crippen LogP contribution in [0.25, 0.3) is 0 Å². The number of aromatic nitrogens is 1. The minimum absolute atomic E-state index is 0.00237. The summed E-state index contributed by atoms with van der Waals surface area (Å²) in [4.78, 5) is 24.4. The standard InChI is InChI=1S/C9H10N2O5S/c12-2-1-3-17-8-7(9(13)14)4-6(5-10-8)11(15)16/h4-5,12H,1-3H2,(H,13,14). The maximum Gasteiger partial charge on any atom is 0.338 e. The molecule has 0 aliphatic rings. The van der Waals surface area contributed by atoms with Crippen molar-refractivity contribution in [3.63, 3.8) is 0 Å². The molecule has 2 N–H and O–H groups in total. The maximum atomic E-state index is 10.9. The van der Waals surface area contributed by atoms with Crippen LogP contribution in [0.4, 0.5) is 5.69 Å². The molecule has 0 saturated carbocycles. The van der Waals surface area contributed by atoms with Crippen LogP contribution in [0.15, 0.2) is 17.3 Å². The summed E-state index contributed by atoms with van der Waals surface area (Å²) in [7, 11) is 0. The second kappa shape index (κ2) is 6.16. The fourth-order valence-corrected chi connectivity index (χ4v) is 1.94. The molecule has 8 heteroatoms. The van der Waals surface area contributed by atoms with Crippen LogP contribution in [0.2, 0.25) is 0 Å². The molecule has 1 heterocycles. The average molecular weight is 258 g/mol. The first-order valence-electron chi connectivity index (χ1n) is 4.67. The van der Waals surface area contributed by atoms with Gasteiger partial charge in [-0.05, 0) is 6.42 Å². The number of aromatic carboxylic acids is 1. The van der Waals surface area contributed by atoms with Crippen LogP contribution in [0, 0.1) is 10.1 Å². The fourth-order valence-electron chi connectivity index (χ4n) is 1.04. The molecule has 0 fully saturated rings. The van der Waals surface area contributed by atoms with E-state index in [1.54, 1.807) is 0 Å². The van der Waals surface area contributed by atoms with Gasteiger partial charge in [-0.1, -0.05) is 0 Å². The van der Waals surface area contributed by atoms with E-state index in [9.17, 15) is 14.9 Å². The minimum Gasteiger partial charge on any atom is -0.478 e. The Morgan fingerprint density at radius 2 is 2.29 bits per heavy atom. The minimum atomic E-state index is -1.26. The Morgan fingerprint density at radius 1 is 1.59 bits per heavy atom. The Morgan fingerprint density at radius 3 is 2.82 bits per heavy atom. The van der Waals surface area contributed by atoms with E-state index in [0.29, 0.717) is 12.2 Å². The number of nitrogens with zero attached hydrogens (tertiary/aromatic N) is 2. The Kier molecular flexibility index (Phi) is 4.85. The first-order valence-corrected chi connectivity index (χ1v) is 5.66. The van der Waals surface area contributed by atoms with E-state index in [-0.39, 0.29) is 22.9 Å². The average Bonchev–Trinajstić information content (AvgIpc) is 2.29. The molecule has 0 amide bonds. The van der Waals surface area contributed by atoms with Crippen LogP contribution in [0.1, 0.15) is 16.8 Å².